The molecule has 2 N–H and O–H groups in total. The lowest BCUT2D eigenvalue weighted by Crippen LogP contribution is -2.25. The molecule has 1 aromatic carbocycles. The third-order valence-electron chi connectivity index (χ3n) is 4.37. The second-order valence-corrected chi connectivity index (χ2v) is 7.16. The molecule has 2 aliphatic heterocycles. The predicted octanol–water partition coefficient (Wildman–Crippen LogP) is 1.20. The van der Waals surface area contributed by atoms with Gasteiger partial charge in [0.1, 0.15) is 4.90 Å². The SMILES string of the molecule is NS(=O)(=O)c1ccccc1N1CCC(C2CCOC2)C1. The lowest BCUT2D eigenvalue weighted by Gasteiger charge is -2.22. The van der Waals surface area contributed by atoms with Gasteiger partial charge in [-0.05, 0) is 36.8 Å². The molecule has 2 heterocycles. The Morgan fingerprint density at radius 2 is 2.00 bits per heavy atom. The van der Waals surface area contributed by atoms with Gasteiger partial charge < -0.3 is 9.64 Å². The van der Waals surface area contributed by atoms with E-state index in [4.69, 9.17) is 9.88 Å². The van der Waals surface area contributed by atoms with Crippen molar-refractivity contribution in [3.05, 3.63) is 24.3 Å². The molecule has 2 fully saturated rings. The number of benzene rings is 1. The van der Waals surface area contributed by atoms with Crippen LogP contribution in [-0.4, -0.2) is 34.7 Å². The van der Waals surface area contributed by atoms with Crippen LogP contribution < -0.4 is 10.0 Å². The molecule has 0 aliphatic carbocycles. The molecule has 6 heteroatoms. The summed E-state index contributed by atoms with van der Waals surface area (Å²) >= 11 is 0. The third kappa shape index (κ3) is 2.68. The first-order chi connectivity index (χ1) is 9.55. The number of anilines is 1. The Balaban J connectivity index is 1.81. The van der Waals surface area contributed by atoms with Gasteiger partial charge in [-0.3, -0.25) is 0 Å². The average molecular weight is 296 g/mol. The molecule has 2 atom stereocenters. The topological polar surface area (TPSA) is 72.6 Å². The maximum atomic E-state index is 11.7. The number of para-hydroxylation sites is 1. The van der Waals surface area contributed by atoms with Gasteiger partial charge in [0, 0.05) is 26.3 Å². The van der Waals surface area contributed by atoms with Gasteiger partial charge in [-0.1, -0.05) is 12.1 Å². The number of rotatable bonds is 3. The number of ether oxygens (including phenoxy) is 1. The minimum Gasteiger partial charge on any atom is -0.381 e. The van der Waals surface area contributed by atoms with Crippen molar-refractivity contribution in [1.29, 1.82) is 0 Å². The summed E-state index contributed by atoms with van der Waals surface area (Å²) in [4.78, 5) is 2.37. The second-order valence-electron chi connectivity index (χ2n) is 5.63. The molecule has 20 heavy (non-hydrogen) atoms. The van der Waals surface area contributed by atoms with Crippen molar-refractivity contribution in [3.63, 3.8) is 0 Å². The van der Waals surface area contributed by atoms with Crippen LogP contribution in [0, 0.1) is 11.8 Å². The highest BCUT2D eigenvalue weighted by atomic mass is 32.2. The maximum Gasteiger partial charge on any atom is 0.240 e. The van der Waals surface area contributed by atoms with E-state index in [2.05, 4.69) is 4.90 Å². The molecule has 2 saturated heterocycles. The number of nitrogens with two attached hydrogens (primary N) is 1. The third-order valence-corrected chi connectivity index (χ3v) is 5.33. The molecule has 2 aliphatic rings. The van der Waals surface area contributed by atoms with Gasteiger partial charge in [0.25, 0.3) is 0 Å². The maximum absolute atomic E-state index is 11.7. The van der Waals surface area contributed by atoms with E-state index in [9.17, 15) is 8.42 Å². The second kappa shape index (κ2) is 5.35. The van der Waals surface area contributed by atoms with E-state index in [1.165, 1.54) is 0 Å². The Labute approximate surface area is 119 Å². The van der Waals surface area contributed by atoms with E-state index in [0.717, 1.165) is 44.8 Å². The predicted molar refractivity (Wildman–Crippen MR) is 77.1 cm³/mol. The van der Waals surface area contributed by atoms with Crippen LogP contribution in [0.4, 0.5) is 5.69 Å². The standard InChI is InChI=1S/C14H20N2O3S/c15-20(17,18)14-4-2-1-3-13(14)16-7-5-11(9-16)12-6-8-19-10-12/h1-4,11-12H,5-10H2,(H2,15,17,18). The smallest absolute Gasteiger partial charge is 0.240 e. The van der Waals surface area contributed by atoms with Gasteiger partial charge in [-0.2, -0.15) is 0 Å². The fourth-order valence-electron chi connectivity index (χ4n) is 3.27. The molecular weight excluding hydrogens is 276 g/mol. The quantitative estimate of drug-likeness (QED) is 0.909. The number of hydrogen-bond acceptors (Lipinski definition) is 4. The first kappa shape index (κ1) is 13.9. The molecule has 0 saturated carbocycles. The lowest BCUT2D eigenvalue weighted by molar-refractivity contribution is 0.174. The minimum atomic E-state index is -3.67. The molecule has 0 amide bonds. The first-order valence-electron chi connectivity index (χ1n) is 7.00. The van der Waals surface area contributed by atoms with Crippen molar-refractivity contribution < 1.29 is 13.2 Å². The average Bonchev–Trinajstić information content (AvgIpc) is 3.09. The number of sulfonamides is 1. The number of nitrogens with zero attached hydrogens (tertiary/aromatic N) is 1. The highest BCUT2D eigenvalue weighted by molar-refractivity contribution is 7.89. The Hall–Kier alpha value is -1.11. The fourth-order valence-corrected chi connectivity index (χ4v) is 4.03. The summed E-state index contributed by atoms with van der Waals surface area (Å²) in [5.41, 5.74) is 0.733. The van der Waals surface area contributed by atoms with E-state index in [1.54, 1.807) is 12.1 Å². The number of primary sulfonamides is 1. The highest BCUT2D eigenvalue weighted by Gasteiger charge is 2.33. The molecule has 0 spiro atoms. The Kier molecular flexibility index (Phi) is 3.70. The molecule has 0 radical (unpaired) electrons. The largest absolute Gasteiger partial charge is 0.381 e. The van der Waals surface area contributed by atoms with Gasteiger partial charge in [0.05, 0.1) is 5.69 Å². The van der Waals surface area contributed by atoms with Crippen LogP contribution >= 0.6 is 0 Å². The van der Waals surface area contributed by atoms with E-state index in [1.807, 2.05) is 12.1 Å². The molecular formula is C14H20N2O3S. The van der Waals surface area contributed by atoms with Crippen molar-refractivity contribution in [2.75, 3.05) is 31.2 Å². The monoisotopic (exact) mass is 296 g/mol. The van der Waals surface area contributed by atoms with E-state index in [-0.39, 0.29) is 4.90 Å². The van der Waals surface area contributed by atoms with Gasteiger partial charge in [0.2, 0.25) is 10.0 Å². The zero-order valence-electron chi connectivity index (χ0n) is 11.4. The van der Waals surface area contributed by atoms with Crippen molar-refractivity contribution in [3.8, 4) is 0 Å². The Morgan fingerprint density at radius 3 is 2.70 bits per heavy atom. The summed E-state index contributed by atoms with van der Waals surface area (Å²) < 4.78 is 28.8. The summed E-state index contributed by atoms with van der Waals surface area (Å²) in [5.74, 6) is 1.20. The minimum absolute atomic E-state index is 0.225. The van der Waals surface area contributed by atoms with Crippen LogP contribution in [0.3, 0.4) is 0 Å². The van der Waals surface area contributed by atoms with Crippen molar-refractivity contribution in [1.82, 2.24) is 0 Å². The number of hydrogen-bond donors (Lipinski definition) is 1. The van der Waals surface area contributed by atoms with Crippen LogP contribution in [0.2, 0.25) is 0 Å². The zero-order chi connectivity index (χ0) is 14.2. The fraction of sp³-hybridized carbons (Fsp3) is 0.571. The van der Waals surface area contributed by atoms with Crippen molar-refractivity contribution in [2.24, 2.45) is 17.0 Å². The van der Waals surface area contributed by atoms with E-state index < -0.39 is 10.0 Å². The summed E-state index contributed by atoms with van der Waals surface area (Å²) in [6.07, 6.45) is 2.21. The van der Waals surface area contributed by atoms with Gasteiger partial charge >= 0.3 is 0 Å². The summed E-state index contributed by atoms with van der Waals surface area (Å²) in [6.45, 7) is 3.47. The molecule has 0 aromatic heterocycles. The van der Waals surface area contributed by atoms with Gasteiger partial charge in [-0.15, -0.1) is 0 Å². The summed E-state index contributed by atoms with van der Waals surface area (Å²) in [5, 5.41) is 5.31. The Bertz CT molecular complexity index is 582. The van der Waals surface area contributed by atoms with Crippen LogP contribution in [0.1, 0.15) is 12.8 Å². The molecule has 5 nitrogen and oxygen atoms in total. The molecule has 1 aromatic rings. The lowest BCUT2D eigenvalue weighted by atomic mass is 9.91. The van der Waals surface area contributed by atoms with Crippen LogP contribution in [0.25, 0.3) is 0 Å². The molecule has 2 unspecified atom stereocenters. The van der Waals surface area contributed by atoms with Gasteiger partial charge in [0.15, 0.2) is 0 Å². The van der Waals surface area contributed by atoms with E-state index >= 15 is 0 Å². The van der Waals surface area contributed by atoms with Crippen LogP contribution in [0.15, 0.2) is 29.2 Å². The Morgan fingerprint density at radius 1 is 1.20 bits per heavy atom. The highest BCUT2D eigenvalue weighted by Crippen LogP contribution is 2.34. The van der Waals surface area contributed by atoms with Crippen LogP contribution in [0.5, 0.6) is 0 Å². The summed E-state index contributed by atoms with van der Waals surface area (Å²) in [7, 11) is -3.67. The van der Waals surface area contributed by atoms with Crippen LogP contribution in [-0.2, 0) is 14.8 Å². The molecule has 110 valence electrons. The normalized spacial score (nSPS) is 27.1. The van der Waals surface area contributed by atoms with Crippen molar-refractivity contribution in [2.45, 2.75) is 17.7 Å². The summed E-state index contributed by atoms with van der Waals surface area (Å²) in [6, 6.07) is 6.99. The molecule has 3 rings (SSSR count). The first-order valence-corrected chi connectivity index (χ1v) is 8.55. The molecule has 0 bridgehead atoms. The zero-order valence-corrected chi connectivity index (χ0v) is 12.2. The van der Waals surface area contributed by atoms with Gasteiger partial charge in [-0.25, -0.2) is 13.6 Å². The van der Waals surface area contributed by atoms with E-state index in [0.29, 0.717) is 11.8 Å². The van der Waals surface area contributed by atoms with Crippen molar-refractivity contribution >= 4 is 15.7 Å².